The summed E-state index contributed by atoms with van der Waals surface area (Å²) in [6.45, 7) is 9.64. The fourth-order valence-electron chi connectivity index (χ4n) is 5.17. The standard InChI is InChI=1S/C22H25NO.C9H11F3.C2H4O2/c1-16(24)23-14-13-21-15-20(11-12-22(21)23)19-9-7-18(8-10-19)17-5-3-2-4-6-17;1-4-6-7(3)8(5-2)9(10,11)12;1-2(3)4/h7-12,15,17H,2-6,13-14H2,1H3;4-6H,1H2,2-3H3;1H3,(H,3,4)/b;7-6-,8-5+;. The van der Waals surface area contributed by atoms with Crippen LogP contribution in [0.15, 0.2) is 78.4 Å². The molecule has 1 amide bonds. The van der Waals surface area contributed by atoms with Gasteiger partial charge in [-0.15, -0.1) is 0 Å². The molecule has 0 bridgehead atoms. The second kappa shape index (κ2) is 15.2. The first-order valence-corrected chi connectivity index (χ1v) is 13.6. The smallest absolute Gasteiger partial charge is 0.416 e. The Morgan fingerprint density at radius 2 is 1.55 bits per heavy atom. The molecule has 40 heavy (non-hydrogen) atoms. The van der Waals surface area contributed by atoms with Crippen molar-refractivity contribution < 1.29 is 27.9 Å². The first-order chi connectivity index (χ1) is 18.9. The number of allylic oxidation sites excluding steroid dienone is 5. The summed E-state index contributed by atoms with van der Waals surface area (Å²) in [6.07, 6.45) is 7.27. The van der Waals surface area contributed by atoms with Crippen molar-refractivity contribution in [2.24, 2.45) is 0 Å². The third-order valence-corrected chi connectivity index (χ3v) is 7.06. The largest absolute Gasteiger partial charge is 0.481 e. The number of nitrogens with zero attached hydrogens (tertiary/aromatic N) is 1. The van der Waals surface area contributed by atoms with E-state index in [2.05, 4.69) is 49.0 Å². The summed E-state index contributed by atoms with van der Waals surface area (Å²) < 4.78 is 36.5. The number of amides is 1. The number of anilines is 1. The van der Waals surface area contributed by atoms with Gasteiger partial charge in [0.1, 0.15) is 0 Å². The first kappa shape index (κ1) is 32.6. The number of benzene rings is 2. The van der Waals surface area contributed by atoms with Gasteiger partial charge in [-0.1, -0.05) is 74.4 Å². The van der Waals surface area contributed by atoms with E-state index in [9.17, 15) is 18.0 Å². The van der Waals surface area contributed by atoms with Gasteiger partial charge in [0.15, 0.2) is 0 Å². The van der Waals surface area contributed by atoms with Crippen LogP contribution >= 0.6 is 0 Å². The highest BCUT2D eigenvalue weighted by molar-refractivity contribution is 5.94. The molecule has 0 radical (unpaired) electrons. The third kappa shape index (κ3) is 9.54. The van der Waals surface area contributed by atoms with Crippen molar-refractivity contribution in [3.8, 4) is 11.1 Å². The van der Waals surface area contributed by atoms with E-state index in [0.29, 0.717) is 0 Å². The van der Waals surface area contributed by atoms with E-state index in [-0.39, 0.29) is 11.5 Å². The molecule has 1 saturated carbocycles. The maximum Gasteiger partial charge on any atom is 0.416 e. The van der Waals surface area contributed by atoms with E-state index >= 15 is 0 Å². The number of halogens is 3. The zero-order valence-electron chi connectivity index (χ0n) is 23.9. The number of rotatable bonds is 4. The predicted octanol–water partition coefficient (Wildman–Crippen LogP) is 9.03. The van der Waals surface area contributed by atoms with Gasteiger partial charge in [-0.05, 0) is 79.0 Å². The maximum atomic E-state index is 12.2. The van der Waals surface area contributed by atoms with Crippen LogP contribution in [0.25, 0.3) is 11.1 Å². The van der Waals surface area contributed by atoms with Crippen molar-refractivity contribution in [3.63, 3.8) is 0 Å². The zero-order valence-corrected chi connectivity index (χ0v) is 23.9. The van der Waals surface area contributed by atoms with Gasteiger partial charge in [0, 0.05) is 26.1 Å². The van der Waals surface area contributed by atoms with Crippen LogP contribution in [0, 0.1) is 0 Å². The van der Waals surface area contributed by atoms with Crippen LogP contribution < -0.4 is 4.90 Å². The maximum absolute atomic E-state index is 12.2. The Morgan fingerprint density at radius 1 is 0.975 bits per heavy atom. The molecule has 1 fully saturated rings. The van der Waals surface area contributed by atoms with Gasteiger partial charge in [-0.3, -0.25) is 9.59 Å². The van der Waals surface area contributed by atoms with Gasteiger partial charge in [0.25, 0.3) is 5.97 Å². The molecule has 0 atom stereocenters. The van der Waals surface area contributed by atoms with Crippen LogP contribution in [-0.4, -0.2) is 29.7 Å². The van der Waals surface area contributed by atoms with Crippen LogP contribution in [0.5, 0.6) is 0 Å². The van der Waals surface area contributed by atoms with Gasteiger partial charge >= 0.3 is 6.18 Å². The van der Waals surface area contributed by atoms with Crippen LogP contribution in [0.1, 0.15) is 76.8 Å². The highest BCUT2D eigenvalue weighted by Crippen LogP contribution is 2.35. The van der Waals surface area contributed by atoms with Crippen LogP contribution in [-0.2, 0) is 16.0 Å². The number of carbonyl (C=O) groups excluding carboxylic acids is 1. The predicted molar refractivity (Wildman–Crippen MR) is 157 cm³/mol. The van der Waals surface area contributed by atoms with Crippen molar-refractivity contribution in [1.82, 2.24) is 0 Å². The quantitative estimate of drug-likeness (QED) is 0.383. The number of hydrogen-bond acceptors (Lipinski definition) is 2. The van der Waals surface area contributed by atoms with Gasteiger partial charge in [0.05, 0.1) is 5.57 Å². The van der Waals surface area contributed by atoms with Crippen LogP contribution in [0.4, 0.5) is 18.9 Å². The van der Waals surface area contributed by atoms with E-state index in [4.69, 9.17) is 9.90 Å². The number of alkyl halides is 3. The summed E-state index contributed by atoms with van der Waals surface area (Å²) in [4.78, 5) is 22.6. The Balaban J connectivity index is 0.000000296. The van der Waals surface area contributed by atoms with Crippen molar-refractivity contribution in [1.29, 1.82) is 0 Å². The molecule has 2 aliphatic rings. The van der Waals surface area contributed by atoms with E-state index < -0.39 is 17.7 Å². The second-order valence-electron chi connectivity index (χ2n) is 10.0. The van der Waals surface area contributed by atoms with Crippen molar-refractivity contribution in [2.45, 2.75) is 78.3 Å². The molecule has 1 N–H and O–H groups in total. The molecule has 4 nitrogen and oxygen atoms in total. The highest BCUT2D eigenvalue weighted by Gasteiger charge is 2.33. The zero-order chi connectivity index (χ0) is 29.9. The molecule has 4 rings (SSSR count). The average molecular weight is 556 g/mol. The van der Waals surface area contributed by atoms with Crippen LogP contribution in [0.3, 0.4) is 0 Å². The summed E-state index contributed by atoms with van der Waals surface area (Å²) in [6, 6.07) is 15.7. The molecule has 0 spiro atoms. The lowest BCUT2D eigenvalue weighted by Crippen LogP contribution is -2.25. The number of fused-ring (bicyclic) bond motifs is 1. The number of carboxylic acid groups (broad SMARTS) is 1. The fourth-order valence-corrected chi connectivity index (χ4v) is 5.17. The fraction of sp³-hybridized carbons (Fsp3) is 0.394. The number of carbonyl (C=O) groups is 2. The Morgan fingerprint density at radius 3 is 2.05 bits per heavy atom. The van der Waals surface area contributed by atoms with Gasteiger partial charge in [0.2, 0.25) is 5.91 Å². The molecule has 7 heteroatoms. The minimum absolute atomic E-state index is 0.137. The number of aliphatic carboxylic acids is 1. The van der Waals surface area contributed by atoms with Crippen molar-refractivity contribution in [3.05, 3.63) is 89.5 Å². The Labute approximate surface area is 235 Å². The summed E-state index contributed by atoms with van der Waals surface area (Å²) in [7, 11) is 0. The second-order valence-corrected chi connectivity index (χ2v) is 10.0. The SMILES string of the molecule is C=C/C=C(C)\C(=C/C)C(F)(F)F.CC(=O)N1CCc2cc(-c3ccc(C4CCCCC4)cc3)ccc21.CC(=O)O. The lowest BCUT2D eigenvalue weighted by molar-refractivity contribution is -0.134. The molecular weight excluding hydrogens is 515 g/mol. The summed E-state index contributed by atoms with van der Waals surface area (Å²) in [5.41, 5.74) is 5.99. The van der Waals surface area contributed by atoms with Gasteiger partial charge < -0.3 is 10.0 Å². The summed E-state index contributed by atoms with van der Waals surface area (Å²) >= 11 is 0. The number of hydrogen-bond donors (Lipinski definition) is 1. The van der Waals surface area contributed by atoms with E-state index in [1.807, 2.05) is 4.90 Å². The number of carboxylic acids is 1. The molecule has 1 aliphatic carbocycles. The topological polar surface area (TPSA) is 57.6 Å². The third-order valence-electron chi connectivity index (χ3n) is 7.06. The monoisotopic (exact) mass is 555 g/mol. The normalized spacial score (nSPS) is 15.7. The van der Waals surface area contributed by atoms with Gasteiger partial charge in [-0.2, -0.15) is 13.2 Å². The lowest BCUT2D eigenvalue weighted by atomic mass is 9.83. The molecule has 0 saturated heterocycles. The molecule has 0 aromatic heterocycles. The lowest BCUT2D eigenvalue weighted by Gasteiger charge is -2.22. The minimum Gasteiger partial charge on any atom is -0.481 e. The van der Waals surface area contributed by atoms with Crippen molar-refractivity contribution >= 4 is 17.6 Å². The van der Waals surface area contributed by atoms with Crippen LogP contribution in [0.2, 0.25) is 0 Å². The Kier molecular flexibility index (Phi) is 12.4. The average Bonchev–Trinajstić information content (AvgIpc) is 3.33. The Hall–Kier alpha value is -3.61. The summed E-state index contributed by atoms with van der Waals surface area (Å²) in [5, 5.41) is 7.42. The Bertz CT molecular complexity index is 1220. The van der Waals surface area contributed by atoms with E-state index in [1.54, 1.807) is 6.92 Å². The molecule has 1 heterocycles. The molecule has 216 valence electrons. The van der Waals surface area contributed by atoms with E-state index in [0.717, 1.165) is 37.6 Å². The van der Waals surface area contributed by atoms with Crippen molar-refractivity contribution in [2.75, 3.05) is 11.4 Å². The molecule has 1 aliphatic heterocycles. The van der Waals surface area contributed by atoms with E-state index in [1.165, 1.54) is 80.4 Å². The highest BCUT2D eigenvalue weighted by atomic mass is 19.4. The van der Waals surface area contributed by atoms with Gasteiger partial charge in [-0.25, -0.2) is 0 Å². The molecule has 2 aromatic carbocycles. The molecular formula is C33H40F3NO3. The molecule has 0 unspecified atom stereocenters. The molecule has 2 aromatic rings. The summed E-state index contributed by atoms with van der Waals surface area (Å²) in [5.74, 6) is 0.0651. The first-order valence-electron chi connectivity index (χ1n) is 13.6. The minimum atomic E-state index is -4.27.